The molecule has 1 saturated heterocycles. The van der Waals surface area contributed by atoms with Crippen LogP contribution in [0.4, 0.5) is 5.69 Å². The van der Waals surface area contributed by atoms with Gasteiger partial charge in [0.2, 0.25) is 0 Å². The van der Waals surface area contributed by atoms with Crippen LogP contribution in [0.5, 0.6) is 0 Å². The molecule has 1 aliphatic heterocycles. The summed E-state index contributed by atoms with van der Waals surface area (Å²) in [7, 11) is 0. The molecule has 2 heterocycles. The number of aromatic nitrogens is 1. The van der Waals surface area contributed by atoms with Crippen LogP contribution in [-0.4, -0.2) is 29.5 Å². The van der Waals surface area contributed by atoms with Crippen molar-refractivity contribution in [2.24, 2.45) is 0 Å². The Kier molecular flexibility index (Phi) is 3.65. The topological polar surface area (TPSA) is 59.5 Å². The molecule has 6 heteroatoms. The monoisotopic (exact) mass is 312 g/mol. The van der Waals surface area contributed by atoms with Gasteiger partial charge in [0, 0.05) is 19.9 Å². The van der Waals surface area contributed by atoms with Gasteiger partial charge in [-0.1, -0.05) is 0 Å². The summed E-state index contributed by atoms with van der Waals surface area (Å²) in [5.74, 6) is -0.613. The highest BCUT2D eigenvalue weighted by Crippen LogP contribution is 2.26. The number of esters is 1. The molecule has 1 aromatic rings. The maximum absolute atomic E-state index is 12.1. The molecule has 96 valence electrons. The van der Waals surface area contributed by atoms with Crippen molar-refractivity contribution in [1.29, 1.82) is 0 Å². The summed E-state index contributed by atoms with van der Waals surface area (Å²) in [6, 6.07) is 3.62. The number of ether oxygens (including phenoxy) is 1. The Morgan fingerprint density at radius 2 is 2.28 bits per heavy atom. The zero-order valence-electron chi connectivity index (χ0n) is 10.1. The molecule has 1 aromatic heterocycles. The van der Waals surface area contributed by atoms with Crippen LogP contribution in [0.3, 0.4) is 0 Å². The first-order valence-corrected chi connectivity index (χ1v) is 6.40. The molecule has 1 amide bonds. The Bertz CT molecular complexity index is 504. The zero-order valence-corrected chi connectivity index (χ0v) is 11.7. The highest BCUT2D eigenvalue weighted by molar-refractivity contribution is 9.10. The van der Waals surface area contributed by atoms with Gasteiger partial charge >= 0.3 is 5.97 Å². The second-order valence-electron chi connectivity index (χ2n) is 4.12. The van der Waals surface area contributed by atoms with Crippen molar-refractivity contribution < 1.29 is 14.3 Å². The molecule has 0 aliphatic carbocycles. The smallest absolute Gasteiger partial charge is 0.303 e. The Morgan fingerprint density at radius 3 is 2.89 bits per heavy atom. The number of hydrogen-bond acceptors (Lipinski definition) is 4. The molecule has 0 unspecified atom stereocenters. The molecule has 0 saturated carbocycles. The van der Waals surface area contributed by atoms with Crippen LogP contribution in [0.1, 0.15) is 19.0 Å². The van der Waals surface area contributed by atoms with Crippen molar-refractivity contribution in [3.63, 3.8) is 0 Å². The van der Waals surface area contributed by atoms with Gasteiger partial charge in [0.25, 0.3) is 5.91 Å². The first-order chi connectivity index (χ1) is 8.49. The molecule has 1 atom stereocenters. The van der Waals surface area contributed by atoms with Gasteiger partial charge in [0.1, 0.15) is 4.60 Å². The first kappa shape index (κ1) is 13.0. The lowest BCUT2D eigenvalue weighted by molar-refractivity contribution is -0.151. The average molecular weight is 313 g/mol. The summed E-state index contributed by atoms with van der Waals surface area (Å²) >= 11 is 3.28. The normalized spacial score (nSPS) is 19.2. The van der Waals surface area contributed by atoms with Crippen LogP contribution in [0, 0.1) is 6.92 Å². The average Bonchev–Trinajstić information content (AvgIpc) is 2.60. The van der Waals surface area contributed by atoms with Crippen molar-refractivity contribution in [2.75, 3.05) is 11.4 Å². The van der Waals surface area contributed by atoms with E-state index in [9.17, 15) is 9.59 Å². The van der Waals surface area contributed by atoms with Crippen LogP contribution in [0.15, 0.2) is 16.7 Å². The Hall–Kier alpha value is -1.43. The molecule has 5 nitrogen and oxygen atoms in total. The second-order valence-corrected chi connectivity index (χ2v) is 4.93. The van der Waals surface area contributed by atoms with Crippen molar-refractivity contribution in [3.8, 4) is 0 Å². The molecular weight excluding hydrogens is 300 g/mol. The predicted molar refractivity (Wildman–Crippen MR) is 69.2 cm³/mol. The molecular formula is C12H13BrN2O3. The Balaban J connectivity index is 2.20. The summed E-state index contributed by atoms with van der Waals surface area (Å²) in [5.41, 5.74) is 1.53. The third-order valence-corrected chi connectivity index (χ3v) is 3.22. The lowest BCUT2D eigenvalue weighted by Crippen LogP contribution is -2.32. The summed E-state index contributed by atoms with van der Waals surface area (Å²) in [4.78, 5) is 28.8. The molecule has 18 heavy (non-hydrogen) atoms. The fraction of sp³-hybridized carbons (Fsp3) is 0.417. The number of carbonyl (C=O) groups is 2. The SMILES string of the molecule is CC(=O)O[C@@H]1CCN(c2ccc(Br)nc2C)C1=O. The van der Waals surface area contributed by atoms with E-state index < -0.39 is 12.1 Å². The van der Waals surface area contributed by atoms with Gasteiger partial charge in [-0.2, -0.15) is 0 Å². The highest BCUT2D eigenvalue weighted by Gasteiger charge is 2.35. The number of hydrogen-bond donors (Lipinski definition) is 0. The molecule has 0 bridgehead atoms. The van der Waals surface area contributed by atoms with Crippen molar-refractivity contribution in [1.82, 2.24) is 4.98 Å². The van der Waals surface area contributed by atoms with E-state index >= 15 is 0 Å². The van der Waals surface area contributed by atoms with Gasteiger partial charge in [-0.05, 0) is 35.0 Å². The van der Waals surface area contributed by atoms with Gasteiger partial charge in [-0.3, -0.25) is 9.59 Å². The predicted octanol–water partition coefficient (Wildman–Crippen LogP) is 1.82. The summed E-state index contributed by atoms with van der Waals surface area (Å²) < 4.78 is 5.71. The van der Waals surface area contributed by atoms with Crippen molar-refractivity contribution in [2.45, 2.75) is 26.4 Å². The van der Waals surface area contributed by atoms with E-state index in [-0.39, 0.29) is 5.91 Å². The van der Waals surface area contributed by atoms with Gasteiger partial charge < -0.3 is 9.64 Å². The van der Waals surface area contributed by atoms with Crippen LogP contribution >= 0.6 is 15.9 Å². The van der Waals surface area contributed by atoms with Crippen molar-refractivity contribution >= 4 is 33.5 Å². The number of pyridine rings is 1. The molecule has 0 radical (unpaired) electrons. The zero-order chi connectivity index (χ0) is 13.3. The Morgan fingerprint density at radius 1 is 1.56 bits per heavy atom. The standard InChI is InChI=1S/C12H13BrN2O3/c1-7-9(3-4-11(13)14-7)15-6-5-10(12(15)17)18-8(2)16/h3-4,10H,5-6H2,1-2H3/t10-/m1/s1. The number of nitrogens with zero attached hydrogens (tertiary/aromatic N) is 2. The lowest BCUT2D eigenvalue weighted by atomic mass is 10.3. The molecule has 1 aliphatic rings. The third-order valence-electron chi connectivity index (χ3n) is 2.78. The first-order valence-electron chi connectivity index (χ1n) is 5.61. The van der Waals surface area contributed by atoms with Gasteiger partial charge in [0.15, 0.2) is 6.10 Å². The lowest BCUT2D eigenvalue weighted by Gasteiger charge is -2.18. The summed E-state index contributed by atoms with van der Waals surface area (Å²) in [5, 5.41) is 0. The molecule has 2 rings (SSSR count). The largest absolute Gasteiger partial charge is 0.452 e. The minimum atomic E-state index is -0.662. The molecule has 1 fully saturated rings. The summed E-state index contributed by atoms with van der Waals surface area (Å²) in [6.07, 6.45) is -0.140. The van der Waals surface area contributed by atoms with E-state index in [0.29, 0.717) is 13.0 Å². The third kappa shape index (κ3) is 2.53. The number of halogens is 1. The fourth-order valence-electron chi connectivity index (χ4n) is 2.01. The van der Waals surface area contributed by atoms with E-state index in [4.69, 9.17) is 4.74 Å². The van der Waals surface area contributed by atoms with Crippen molar-refractivity contribution in [3.05, 3.63) is 22.4 Å². The van der Waals surface area contributed by atoms with Crippen LogP contribution in [0.2, 0.25) is 0 Å². The molecule has 0 spiro atoms. The van der Waals surface area contributed by atoms with E-state index in [2.05, 4.69) is 20.9 Å². The minimum absolute atomic E-state index is 0.183. The van der Waals surface area contributed by atoms with Gasteiger partial charge in [-0.15, -0.1) is 0 Å². The minimum Gasteiger partial charge on any atom is -0.452 e. The van der Waals surface area contributed by atoms with E-state index in [1.165, 1.54) is 6.92 Å². The number of aryl methyl sites for hydroxylation is 1. The number of carbonyl (C=O) groups excluding carboxylic acids is 2. The van der Waals surface area contributed by atoms with E-state index in [0.717, 1.165) is 16.0 Å². The van der Waals surface area contributed by atoms with E-state index in [1.54, 1.807) is 11.0 Å². The maximum atomic E-state index is 12.1. The van der Waals surface area contributed by atoms with Crippen LogP contribution in [-0.2, 0) is 14.3 Å². The highest BCUT2D eigenvalue weighted by atomic mass is 79.9. The number of amides is 1. The summed E-state index contributed by atoms with van der Waals surface area (Å²) in [6.45, 7) is 3.69. The van der Waals surface area contributed by atoms with Crippen LogP contribution in [0.25, 0.3) is 0 Å². The fourth-order valence-corrected chi connectivity index (χ4v) is 2.41. The van der Waals surface area contributed by atoms with Gasteiger partial charge in [-0.25, -0.2) is 4.98 Å². The Labute approximate surface area is 113 Å². The second kappa shape index (κ2) is 5.06. The number of rotatable bonds is 2. The molecule has 0 aromatic carbocycles. The quantitative estimate of drug-likeness (QED) is 0.617. The molecule has 0 N–H and O–H groups in total. The maximum Gasteiger partial charge on any atom is 0.303 e. The number of anilines is 1. The van der Waals surface area contributed by atoms with E-state index in [1.807, 2.05) is 13.0 Å². The van der Waals surface area contributed by atoms with Crippen LogP contribution < -0.4 is 4.90 Å². The van der Waals surface area contributed by atoms with Gasteiger partial charge in [0.05, 0.1) is 11.4 Å².